The van der Waals surface area contributed by atoms with Gasteiger partial charge in [0.1, 0.15) is 0 Å². The number of likely N-dealkylation sites (N-methyl/N-ethyl adjacent to an activating group) is 1. The Morgan fingerprint density at radius 1 is 1.32 bits per heavy atom. The quantitative estimate of drug-likeness (QED) is 0.906. The summed E-state index contributed by atoms with van der Waals surface area (Å²) < 4.78 is 0. The van der Waals surface area contributed by atoms with Crippen molar-refractivity contribution >= 4 is 11.6 Å². The van der Waals surface area contributed by atoms with Gasteiger partial charge in [0.15, 0.2) is 0 Å². The fourth-order valence-electron chi connectivity index (χ4n) is 2.71. The van der Waals surface area contributed by atoms with Crippen molar-refractivity contribution in [1.82, 2.24) is 5.32 Å². The van der Waals surface area contributed by atoms with Gasteiger partial charge in [-0.1, -0.05) is 17.7 Å². The van der Waals surface area contributed by atoms with Crippen LogP contribution in [0.2, 0.25) is 0 Å². The van der Waals surface area contributed by atoms with Crippen molar-refractivity contribution < 1.29 is 4.79 Å². The smallest absolute Gasteiger partial charge is 0.244 e. The molecule has 0 radical (unpaired) electrons. The van der Waals surface area contributed by atoms with Crippen LogP contribution in [0.4, 0.5) is 5.69 Å². The lowest BCUT2D eigenvalue weighted by Crippen LogP contribution is -2.51. The van der Waals surface area contributed by atoms with E-state index >= 15 is 0 Å². The van der Waals surface area contributed by atoms with Crippen molar-refractivity contribution in [3.05, 3.63) is 29.8 Å². The summed E-state index contributed by atoms with van der Waals surface area (Å²) in [5.41, 5.74) is 2.22. The van der Waals surface area contributed by atoms with E-state index in [2.05, 4.69) is 31.3 Å². The van der Waals surface area contributed by atoms with Crippen LogP contribution in [0.5, 0.6) is 0 Å². The molecule has 1 amide bonds. The second kappa shape index (κ2) is 6.20. The highest BCUT2D eigenvalue weighted by Gasteiger charge is 2.28. The van der Waals surface area contributed by atoms with Crippen LogP contribution in [-0.2, 0) is 4.79 Å². The lowest BCUT2D eigenvalue weighted by molar-refractivity contribution is -0.121. The SMILES string of the molecule is CCN(C(=O)C1CCCC(C)N1)c1ccc(C)cc1. The predicted molar refractivity (Wildman–Crippen MR) is 79.4 cm³/mol. The first kappa shape index (κ1) is 14.1. The average molecular weight is 260 g/mol. The van der Waals surface area contributed by atoms with Crippen molar-refractivity contribution in [2.24, 2.45) is 0 Å². The van der Waals surface area contributed by atoms with Gasteiger partial charge in [-0.2, -0.15) is 0 Å². The second-order valence-corrected chi connectivity index (χ2v) is 5.47. The summed E-state index contributed by atoms with van der Waals surface area (Å²) in [6.07, 6.45) is 3.25. The highest BCUT2D eigenvalue weighted by Crippen LogP contribution is 2.19. The number of hydrogen-bond donors (Lipinski definition) is 1. The number of nitrogens with one attached hydrogen (secondary N) is 1. The molecule has 1 aliphatic rings. The van der Waals surface area contributed by atoms with Gasteiger partial charge >= 0.3 is 0 Å². The van der Waals surface area contributed by atoms with Crippen LogP contribution in [0.1, 0.15) is 38.7 Å². The average Bonchev–Trinajstić information content (AvgIpc) is 2.41. The minimum atomic E-state index is -0.0231. The minimum absolute atomic E-state index is 0.0231. The molecule has 0 aliphatic carbocycles. The van der Waals surface area contributed by atoms with Crippen molar-refractivity contribution in [2.75, 3.05) is 11.4 Å². The zero-order valence-corrected chi connectivity index (χ0v) is 12.1. The number of piperidine rings is 1. The van der Waals surface area contributed by atoms with Crippen molar-refractivity contribution in [3.63, 3.8) is 0 Å². The van der Waals surface area contributed by atoms with Gasteiger partial charge < -0.3 is 10.2 Å². The summed E-state index contributed by atoms with van der Waals surface area (Å²) in [6, 6.07) is 8.60. The van der Waals surface area contributed by atoms with Crippen molar-refractivity contribution in [2.45, 2.75) is 52.1 Å². The molecule has 1 fully saturated rings. The fourth-order valence-corrected chi connectivity index (χ4v) is 2.71. The van der Waals surface area contributed by atoms with Crippen LogP contribution in [0.25, 0.3) is 0 Å². The first-order chi connectivity index (χ1) is 9.11. The topological polar surface area (TPSA) is 32.3 Å². The standard InChI is InChI=1S/C16H24N2O/c1-4-18(14-10-8-12(2)9-11-14)16(19)15-7-5-6-13(3)17-15/h8-11,13,15,17H,4-7H2,1-3H3. The Labute approximate surface area is 116 Å². The molecule has 1 heterocycles. The Kier molecular flexibility index (Phi) is 4.59. The lowest BCUT2D eigenvalue weighted by atomic mass is 9.98. The molecule has 1 aromatic rings. The number of carbonyl (C=O) groups is 1. The highest BCUT2D eigenvalue weighted by molar-refractivity contribution is 5.97. The molecular weight excluding hydrogens is 236 g/mol. The molecule has 1 aromatic carbocycles. The van der Waals surface area contributed by atoms with Crippen LogP contribution in [0.15, 0.2) is 24.3 Å². The van der Waals surface area contributed by atoms with Crippen LogP contribution >= 0.6 is 0 Å². The Balaban J connectivity index is 2.12. The maximum atomic E-state index is 12.6. The van der Waals surface area contributed by atoms with E-state index in [0.29, 0.717) is 12.6 Å². The van der Waals surface area contributed by atoms with Crippen LogP contribution < -0.4 is 10.2 Å². The van der Waals surface area contributed by atoms with E-state index in [-0.39, 0.29) is 11.9 Å². The Bertz CT molecular complexity index is 427. The summed E-state index contributed by atoms with van der Waals surface area (Å²) in [5, 5.41) is 3.42. The van der Waals surface area contributed by atoms with Gasteiger partial charge in [0.25, 0.3) is 0 Å². The Morgan fingerprint density at radius 2 is 2.00 bits per heavy atom. The number of hydrogen-bond acceptors (Lipinski definition) is 2. The molecule has 3 heteroatoms. The Hall–Kier alpha value is -1.35. The van der Waals surface area contributed by atoms with E-state index in [1.54, 1.807) is 0 Å². The van der Waals surface area contributed by atoms with E-state index in [1.165, 1.54) is 12.0 Å². The molecule has 1 aliphatic heterocycles. The van der Waals surface area contributed by atoms with E-state index in [4.69, 9.17) is 0 Å². The summed E-state index contributed by atoms with van der Waals surface area (Å²) in [5.74, 6) is 0.206. The third-order valence-corrected chi connectivity index (χ3v) is 3.84. The van der Waals surface area contributed by atoms with Gasteiger partial charge in [0.2, 0.25) is 5.91 Å². The van der Waals surface area contributed by atoms with Crippen LogP contribution in [0, 0.1) is 6.92 Å². The van der Waals surface area contributed by atoms with Gasteiger partial charge in [0.05, 0.1) is 6.04 Å². The van der Waals surface area contributed by atoms with Gasteiger partial charge in [-0.15, -0.1) is 0 Å². The van der Waals surface area contributed by atoms with E-state index in [1.807, 2.05) is 24.0 Å². The first-order valence-electron chi connectivity index (χ1n) is 7.26. The minimum Gasteiger partial charge on any atom is -0.311 e. The van der Waals surface area contributed by atoms with E-state index in [0.717, 1.165) is 18.5 Å². The number of benzene rings is 1. The largest absolute Gasteiger partial charge is 0.311 e. The lowest BCUT2D eigenvalue weighted by Gasteiger charge is -2.32. The van der Waals surface area contributed by atoms with Crippen molar-refractivity contribution in [1.29, 1.82) is 0 Å². The normalized spacial score (nSPS) is 23.1. The van der Waals surface area contributed by atoms with Gasteiger partial charge in [-0.05, 0) is 52.2 Å². The molecule has 2 unspecified atom stereocenters. The maximum absolute atomic E-state index is 12.6. The third kappa shape index (κ3) is 3.35. The summed E-state index contributed by atoms with van der Waals surface area (Å²) in [6.45, 7) is 6.96. The van der Waals surface area contributed by atoms with Crippen LogP contribution in [-0.4, -0.2) is 24.5 Å². The molecule has 104 valence electrons. The van der Waals surface area contributed by atoms with Gasteiger partial charge in [-0.3, -0.25) is 4.79 Å². The van der Waals surface area contributed by atoms with Crippen LogP contribution in [0.3, 0.4) is 0 Å². The fraction of sp³-hybridized carbons (Fsp3) is 0.562. The first-order valence-corrected chi connectivity index (χ1v) is 7.26. The molecule has 1 saturated heterocycles. The zero-order chi connectivity index (χ0) is 13.8. The Morgan fingerprint density at radius 3 is 2.58 bits per heavy atom. The molecule has 3 nitrogen and oxygen atoms in total. The van der Waals surface area contributed by atoms with E-state index < -0.39 is 0 Å². The zero-order valence-electron chi connectivity index (χ0n) is 12.1. The number of nitrogens with zero attached hydrogens (tertiary/aromatic N) is 1. The second-order valence-electron chi connectivity index (χ2n) is 5.47. The number of amides is 1. The van der Waals surface area contributed by atoms with Gasteiger partial charge in [-0.25, -0.2) is 0 Å². The molecule has 19 heavy (non-hydrogen) atoms. The summed E-state index contributed by atoms with van der Waals surface area (Å²) in [4.78, 5) is 14.5. The number of rotatable bonds is 3. The maximum Gasteiger partial charge on any atom is 0.244 e. The number of aryl methyl sites for hydroxylation is 1. The predicted octanol–water partition coefficient (Wildman–Crippen LogP) is 2.88. The monoisotopic (exact) mass is 260 g/mol. The molecule has 0 saturated carbocycles. The summed E-state index contributed by atoms with van der Waals surface area (Å²) >= 11 is 0. The summed E-state index contributed by atoms with van der Waals surface area (Å²) in [7, 11) is 0. The molecule has 0 spiro atoms. The number of carbonyl (C=O) groups excluding carboxylic acids is 1. The molecule has 2 rings (SSSR count). The molecular formula is C16H24N2O. The molecule has 0 bridgehead atoms. The van der Waals surface area contributed by atoms with E-state index in [9.17, 15) is 4.79 Å². The molecule has 0 aromatic heterocycles. The number of anilines is 1. The highest BCUT2D eigenvalue weighted by atomic mass is 16.2. The molecule has 2 atom stereocenters. The van der Waals surface area contributed by atoms with Gasteiger partial charge in [0, 0.05) is 18.3 Å². The third-order valence-electron chi connectivity index (χ3n) is 3.84. The molecule has 1 N–H and O–H groups in total. The van der Waals surface area contributed by atoms with Crippen molar-refractivity contribution in [3.8, 4) is 0 Å².